The Labute approximate surface area is 188 Å². The molecule has 0 saturated carbocycles. The molecule has 0 radical (unpaired) electrons. The lowest BCUT2D eigenvalue weighted by Gasteiger charge is -2.22. The summed E-state index contributed by atoms with van der Waals surface area (Å²) in [5.41, 5.74) is 1.43. The molecule has 32 heavy (non-hydrogen) atoms. The first kappa shape index (κ1) is 21.5. The van der Waals surface area contributed by atoms with Crippen LogP contribution < -0.4 is 4.90 Å². The number of aliphatic hydroxyl groups excluding tert-OH is 1. The van der Waals surface area contributed by atoms with Gasteiger partial charge in [0.15, 0.2) is 5.13 Å². The van der Waals surface area contributed by atoms with E-state index in [9.17, 15) is 19.5 Å². The van der Waals surface area contributed by atoms with Crippen LogP contribution in [-0.4, -0.2) is 34.4 Å². The Kier molecular flexibility index (Phi) is 5.87. The number of Topliss-reactive ketones (excluding diaryl/α,β-unsaturated/α-hetero) is 1. The number of aromatic nitrogens is 1. The van der Waals surface area contributed by atoms with Crippen molar-refractivity contribution in [1.82, 2.24) is 4.98 Å². The lowest BCUT2D eigenvalue weighted by Crippen LogP contribution is -2.29. The summed E-state index contributed by atoms with van der Waals surface area (Å²) in [6.07, 6.45) is 0. The van der Waals surface area contributed by atoms with Gasteiger partial charge in [0.05, 0.1) is 23.9 Å². The molecular weight excluding hydrogens is 428 g/mol. The van der Waals surface area contributed by atoms with E-state index in [1.165, 1.54) is 4.90 Å². The van der Waals surface area contributed by atoms with Crippen molar-refractivity contribution in [2.75, 3.05) is 11.5 Å². The Morgan fingerprint density at radius 2 is 1.72 bits per heavy atom. The number of ether oxygens (including phenoxy) is 1. The smallest absolute Gasteiger partial charge is 0.350 e. The van der Waals surface area contributed by atoms with Gasteiger partial charge >= 0.3 is 11.9 Å². The van der Waals surface area contributed by atoms with Gasteiger partial charge in [-0.25, -0.2) is 9.78 Å². The maximum absolute atomic E-state index is 13.1. The molecule has 1 amide bonds. The third-order valence-electron chi connectivity index (χ3n) is 5.06. The normalized spacial score (nSPS) is 17.6. The predicted molar refractivity (Wildman–Crippen MR) is 120 cm³/mol. The second-order valence-corrected chi connectivity index (χ2v) is 8.05. The average molecular weight is 449 g/mol. The van der Waals surface area contributed by atoms with Crippen LogP contribution >= 0.6 is 11.3 Å². The number of ketones is 1. The molecule has 2 heterocycles. The third kappa shape index (κ3) is 3.69. The number of hydrogen-bond acceptors (Lipinski definition) is 7. The van der Waals surface area contributed by atoms with Crippen LogP contribution in [0, 0.1) is 6.92 Å². The van der Waals surface area contributed by atoms with Gasteiger partial charge < -0.3 is 9.84 Å². The second kappa shape index (κ2) is 8.76. The Bertz CT molecular complexity index is 1220. The van der Waals surface area contributed by atoms with Crippen LogP contribution in [-0.2, 0) is 14.3 Å². The Hall–Kier alpha value is -3.78. The van der Waals surface area contributed by atoms with Crippen LogP contribution in [0.1, 0.15) is 39.5 Å². The van der Waals surface area contributed by atoms with Gasteiger partial charge in [0.2, 0.25) is 0 Å². The molecule has 1 aliphatic heterocycles. The molecule has 1 saturated heterocycles. The molecule has 0 unspecified atom stereocenters. The molecule has 1 aromatic heterocycles. The molecule has 1 atom stereocenters. The van der Waals surface area contributed by atoms with E-state index in [2.05, 4.69) is 4.98 Å². The van der Waals surface area contributed by atoms with Gasteiger partial charge in [0.25, 0.3) is 5.78 Å². The number of esters is 1. The van der Waals surface area contributed by atoms with Crippen molar-refractivity contribution in [3.63, 3.8) is 0 Å². The number of carbonyl (C=O) groups is 3. The number of nitrogens with zero attached hydrogens (tertiary/aromatic N) is 2. The maximum atomic E-state index is 13.1. The molecule has 2 aromatic carbocycles. The van der Waals surface area contributed by atoms with Gasteiger partial charge in [-0.3, -0.25) is 14.5 Å². The zero-order chi connectivity index (χ0) is 22.8. The van der Waals surface area contributed by atoms with Crippen LogP contribution in [0.3, 0.4) is 0 Å². The maximum Gasteiger partial charge on any atom is 0.350 e. The lowest BCUT2D eigenvalue weighted by molar-refractivity contribution is -0.132. The van der Waals surface area contributed by atoms with Crippen LogP contribution in [0.4, 0.5) is 5.13 Å². The average Bonchev–Trinajstić information content (AvgIpc) is 3.32. The van der Waals surface area contributed by atoms with Crippen molar-refractivity contribution in [2.24, 2.45) is 0 Å². The van der Waals surface area contributed by atoms with E-state index in [0.29, 0.717) is 16.8 Å². The number of anilines is 1. The standard InChI is InChI=1S/C24H20N2O5S/c1-3-31-23(30)21-14(2)25-24(32-21)26-18(15-10-6-4-7-11-15)17(20(28)22(26)29)19(27)16-12-8-5-9-13-16/h4-13,18,27H,3H2,1-2H3/t18-/m1/s1. The van der Waals surface area contributed by atoms with Gasteiger partial charge in [-0.1, -0.05) is 72.0 Å². The number of aliphatic hydroxyl groups is 1. The number of rotatable bonds is 5. The molecule has 4 rings (SSSR count). The number of amides is 1. The van der Waals surface area contributed by atoms with Crippen LogP contribution in [0.2, 0.25) is 0 Å². The zero-order valence-corrected chi connectivity index (χ0v) is 18.3. The largest absolute Gasteiger partial charge is 0.507 e. The number of benzene rings is 2. The highest BCUT2D eigenvalue weighted by atomic mass is 32.1. The SMILES string of the molecule is CCOC(=O)c1sc(N2C(=O)C(=O)C(=C(O)c3ccccc3)[C@H]2c2ccccc2)nc1C. The van der Waals surface area contributed by atoms with E-state index in [4.69, 9.17) is 4.74 Å². The fraction of sp³-hybridized carbons (Fsp3) is 0.167. The zero-order valence-electron chi connectivity index (χ0n) is 17.4. The minimum absolute atomic E-state index is 0.0297. The van der Waals surface area contributed by atoms with Crippen molar-refractivity contribution < 1.29 is 24.2 Å². The molecule has 162 valence electrons. The fourth-order valence-corrected chi connectivity index (χ4v) is 4.59. The number of hydrogen-bond donors (Lipinski definition) is 1. The molecule has 0 aliphatic carbocycles. The Morgan fingerprint density at radius 1 is 1.09 bits per heavy atom. The van der Waals surface area contributed by atoms with Crippen LogP contribution in [0.15, 0.2) is 66.2 Å². The summed E-state index contributed by atoms with van der Waals surface area (Å²) in [5.74, 6) is -2.43. The fourth-order valence-electron chi connectivity index (χ4n) is 3.60. The highest BCUT2D eigenvalue weighted by molar-refractivity contribution is 7.17. The monoisotopic (exact) mass is 448 g/mol. The molecule has 1 fully saturated rings. The molecule has 1 aliphatic rings. The van der Waals surface area contributed by atoms with Gasteiger partial charge in [-0.05, 0) is 19.4 Å². The minimum atomic E-state index is -0.892. The Morgan fingerprint density at radius 3 is 2.34 bits per heavy atom. The first-order chi connectivity index (χ1) is 15.4. The molecule has 0 bridgehead atoms. The Balaban J connectivity index is 1.89. The predicted octanol–water partition coefficient (Wildman–Crippen LogP) is 4.25. The van der Waals surface area contributed by atoms with E-state index >= 15 is 0 Å². The summed E-state index contributed by atoms with van der Waals surface area (Å²) in [5, 5.41) is 11.2. The van der Waals surface area contributed by atoms with Gasteiger partial charge in [0.1, 0.15) is 10.6 Å². The number of carbonyl (C=O) groups excluding carboxylic acids is 3. The van der Waals surface area contributed by atoms with Crippen molar-refractivity contribution in [1.29, 1.82) is 0 Å². The van der Waals surface area contributed by atoms with Crippen molar-refractivity contribution >= 4 is 39.9 Å². The molecule has 7 nitrogen and oxygen atoms in total. The number of thiazole rings is 1. The summed E-state index contributed by atoms with van der Waals surface area (Å²) in [7, 11) is 0. The van der Waals surface area contributed by atoms with E-state index in [-0.39, 0.29) is 27.9 Å². The van der Waals surface area contributed by atoms with Crippen molar-refractivity contribution in [3.8, 4) is 0 Å². The third-order valence-corrected chi connectivity index (χ3v) is 6.20. The lowest BCUT2D eigenvalue weighted by atomic mass is 9.95. The molecular formula is C24H20N2O5S. The van der Waals surface area contributed by atoms with Crippen molar-refractivity contribution in [2.45, 2.75) is 19.9 Å². The summed E-state index contributed by atoms with van der Waals surface area (Å²) < 4.78 is 5.07. The van der Waals surface area contributed by atoms with Gasteiger partial charge in [-0.15, -0.1) is 0 Å². The quantitative estimate of drug-likeness (QED) is 0.271. The summed E-state index contributed by atoms with van der Waals surface area (Å²) in [6.45, 7) is 3.55. The minimum Gasteiger partial charge on any atom is -0.507 e. The first-order valence-corrected chi connectivity index (χ1v) is 10.8. The topological polar surface area (TPSA) is 96.8 Å². The van der Waals surface area contributed by atoms with Crippen molar-refractivity contribution in [3.05, 3.63) is 87.9 Å². The number of aryl methyl sites for hydroxylation is 1. The molecule has 8 heteroatoms. The highest BCUT2D eigenvalue weighted by Crippen LogP contribution is 2.43. The van der Waals surface area contributed by atoms with Crippen LogP contribution in [0.25, 0.3) is 5.76 Å². The highest BCUT2D eigenvalue weighted by Gasteiger charge is 2.48. The molecule has 3 aromatic rings. The molecule has 0 spiro atoms. The van der Waals surface area contributed by atoms with Crippen LogP contribution in [0.5, 0.6) is 0 Å². The summed E-state index contributed by atoms with van der Waals surface area (Å²) in [4.78, 5) is 44.4. The van der Waals surface area contributed by atoms with Gasteiger partial charge in [-0.2, -0.15) is 0 Å². The van der Waals surface area contributed by atoms with E-state index in [0.717, 1.165) is 11.3 Å². The summed E-state index contributed by atoms with van der Waals surface area (Å²) >= 11 is 0.982. The van der Waals surface area contributed by atoms with E-state index in [1.54, 1.807) is 68.4 Å². The first-order valence-electron chi connectivity index (χ1n) is 10.00. The van der Waals surface area contributed by atoms with Gasteiger partial charge in [0, 0.05) is 5.56 Å². The van der Waals surface area contributed by atoms with E-state index in [1.807, 2.05) is 6.07 Å². The summed E-state index contributed by atoms with van der Waals surface area (Å²) in [6, 6.07) is 16.6. The molecule has 1 N–H and O–H groups in total. The second-order valence-electron chi connectivity index (χ2n) is 7.08. The van der Waals surface area contributed by atoms with E-state index < -0.39 is 23.7 Å².